The fourth-order valence-corrected chi connectivity index (χ4v) is 4.94. The second kappa shape index (κ2) is 8.78. The van der Waals surface area contributed by atoms with Crippen molar-refractivity contribution in [2.75, 3.05) is 13.2 Å². The lowest BCUT2D eigenvalue weighted by Gasteiger charge is -2.43. The van der Waals surface area contributed by atoms with E-state index >= 15 is 0 Å². The molecule has 2 aromatic rings. The molecule has 0 unspecified atom stereocenters. The zero-order valence-corrected chi connectivity index (χ0v) is 20.1. The Labute approximate surface area is 200 Å². The molecule has 1 aliphatic carbocycles. The summed E-state index contributed by atoms with van der Waals surface area (Å²) >= 11 is 0. The zero-order chi connectivity index (χ0) is 24.7. The lowest BCUT2D eigenvalue weighted by molar-refractivity contribution is -0.154. The third-order valence-corrected chi connectivity index (χ3v) is 7.65. The van der Waals surface area contributed by atoms with E-state index in [0.29, 0.717) is 19.4 Å². The van der Waals surface area contributed by atoms with Crippen LogP contribution in [0.25, 0.3) is 11.1 Å². The van der Waals surface area contributed by atoms with Crippen molar-refractivity contribution in [3.8, 4) is 11.1 Å². The van der Waals surface area contributed by atoms with Crippen molar-refractivity contribution in [1.82, 2.24) is 10.2 Å². The monoisotopic (exact) mass is 464 g/mol. The van der Waals surface area contributed by atoms with E-state index in [0.717, 1.165) is 22.3 Å². The first-order valence-corrected chi connectivity index (χ1v) is 11.7. The maximum atomic E-state index is 13.3. The number of hydrogen-bond acceptors (Lipinski definition) is 4. The molecule has 0 aromatic heterocycles. The maximum absolute atomic E-state index is 13.3. The Kier molecular flexibility index (Phi) is 6.14. The molecule has 34 heavy (non-hydrogen) atoms. The van der Waals surface area contributed by atoms with Gasteiger partial charge in [0.15, 0.2) is 0 Å². The summed E-state index contributed by atoms with van der Waals surface area (Å²) in [7, 11) is 0. The number of carboxylic acids is 1. The number of rotatable bonds is 6. The number of carbonyl (C=O) groups excluding carboxylic acids is 2. The zero-order valence-electron chi connectivity index (χ0n) is 20.1. The van der Waals surface area contributed by atoms with Gasteiger partial charge < -0.3 is 20.1 Å². The van der Waals surface area contributed by atoms with Crippen LogP contribution in [0.3, 0.4) is 0 Å². The summed E-state index contributed by atoms with van der Waals surface area (Å²) in [6.07, 6.45) is 0.486. The van der Waals surface area contributed by atoms with Crippen LogP contribution in [0.1, 0.15) is 57.6 Å². The van der Waals surface area contributed by atoms with E-state index in [9.17, 15) is 19.5 Å². The standard InChI is InChI=1S/C27H32N2O5/c1-26(2,24(32)29-15-9-14-22(29)23(30)31)27(3,4)28-25(33)34-16-21-19-12-7-5-10-17(19)18-11-6-8-13-20(18)21/h5-8,10-13,21-22H,9,14-16H2,1-4H3,(H,28,33)(H,30,31)/t22-/m1/s1. The SMILES string of the molecule is CC(C)(NC(=O)OCC1c2ccccc2-c2ccccc21)C(C)(C)C(=O)N1CCC[C@@H]1C(=O)O. The average molecular weight is 465 g/mol. The minimum Gasteiger partial charge on any atom is -0.480 e. The van der Waals surface area contributed by atoms with Crippen molar-refractivity contribution < 1.29 is 24.2 Å². The minimum absolute atomic E-state index is 0.0585. The largest absolute Gasteiger partial charge is 0.480 e. The highest BCUT2D eigenvalue weighted by atomic mass is 16.5. The number of ether oxygens (including phenoxy) is 1. The predicted octanol–water partition coefficient (Wildman–Crippen LogP) is 4.41. The van der Waals surface area contributed by atoms with E-state index in [1.54, 1.807) is 27.7 Å². The number of nitrogens with zero attached hydrogens (tertiary/aromatic N) is 1. The number of benzene rings is 2. The molecule has 2 amide bonds. The second-order valence-corrected chi connectivity index (χ2v) is 10.2. The molecule has 2 aliphatic rings. The topological polar surface area (TPSA) is 95.9 Å². The summed E-state index contributed by atoms with van der Waals surface area (Å²) in [4.78, 5) is 39.2. The first kappa shape index (κ1) is 23.8. The molecule has 1 atom stereocenters. The molecule has 0 spiro atoms. The van der Waals surface area contributed by atoms with Crippen molar-refractivity contribution in [1.29, 1.82) is 0 Å². The average Bonchev–Trinajstić information content (AvgIpc) is 3.40. The number of carbonyl (C=O) groups is 3. The van der Waals surface area contributed by atoms with Crippen molar-refractivity contribution >= 4 is 18.0 Å². The van der Waals surface area contributed by atoms with Crippen LogP contribution >= 0.6 is 0 Å². The first-order chi connectivity index (χ1) is 16.0. The molecule has 1 heterocycles. The lowest BCUT2D eigenvalue weighted by Crippen LogP contribution is -2.61. The van der Waals surface area contributed by atoms with Gasteiger partial charge in [0.1, 0.15) is 12.6 Å². The highest BCUT2D eigenvalue weighted by Gasteiger charge is 2.49. The molecule has 1 aliphatic heterocycles. The highest BCUT2D eigenvalue weighted by molar-refractivity contribution is 5.89. The molecular formula is C27H32N2O5. The van der Waals surface area contributed by atoms with Crippen LogP contribution in [-0.4, -0.2) is 52.7 Å². The van der Waals surface area contributed by atoms with Crippen LogP contribution in [-0.2, 0) is 14.3 Å². The summed E-state index contributed by atoms with van der Waals surface area (Å²) in [6, 6.07) is 15.4. The fraction of sp³-hybridized carbons (Fsp3) is 0.444. The van der Waals surface area contributed by atoms with Crippen LogP contribution in [0.5, 0.6) is 0 Å². The molecule has 2 aromatic carbocycles. The predicted molar refractivity (Wildman–Crippen MR) is 128 cm³/mol. The third-order valence-electron chi connectivity index (χ3n) is 7.65. The van der Waals surface area contributed by atoms with E-state index in [1.165, 1.54) is 4.90 Å². The van der Waals surface area contributed by atoms with Crippen LogP contribution in [0.15, 0.2) is 48.5 Å². The number of likely N-dealkylation sites (tertiary alicyclic amines) is 1. The molecule has 7 heteroatoms. The Balaban J connectivity index is 1.44. The van der Waals surface area contributed by atoms with Gasteiger partial charge >= 0.3 is 12.1 Å². The number of carboxylic acid groups (broad SMARTS) is 1. The minimum atomic E-state index is -1.05. The number of alkyl carbamates (subject to hydrolysis) is 1. The van der Waals surface area contributed by atoms with Gasteiger partial charge in [0.25, 0.3) is 0 Å². The van der Waals surface area contributed by atoms with Gasteiger partial charge in [-0.15, -0.1) is 0 Å². The van der Waals surface area contributed by atoms with Gasteiger partial charge in [-0.25, -0.2) is 9.59 Å². The van der Waals surface area contributed by atoms with E-state index in [1.807, 2.05) is 24.3 Å². The maximum Gasteiger partial charge on any atom is 0.407 e. The van der Waals surface area contributed by atoms with Gasteiger partial charge in [-0.05, 0) is 62.8 Å². The smallest absolute Gasteiger partial charge is 0.407 e. The summed E-state index contributed by atoms with van der Waals surface area (Å²) in [5.41, 5.74) is 2.53. The number of hydrogen-bond donors (Lipinski definition) is 2. The molecule has 180 valence electrons. The van der Waals surface area contributed by atoms with Gasteiger partial charge in [-0.1, -0.05) is 48.5 Å². The third kappa shape index (κ3) is 4.04. The summed E-state index contributed by atoms with van der Waals surface area (Å²) in [6.45, 7) is 7.57. The Bertz CT molecular complexity index is 1080. The number of fused-ring (bicyclic) bond motifs is 3. The van der Waals surface area contributed by atoms with E-state index in [2.05, 4.69) is 29.6 Å². The van der Waals surface area contributed by atoms with Gasteiger partial charge in [0.2, 0.25) is 5.91 Å². The number of amides is 2. The Morgan fingerprint density at radius 2 is 1.56 bits per heavy atom. The molecule has 0 radical (unpaired) electrons. The van der Waals surface area contributed by atoms with Crippen LogP contribution in [0, 0.1) is 5.41 Å². The molecule has 2 N–H and O–H groups in total. The van der Waals surface area contributed by atoms with E-state index in [-0.39, 0.29) is 18.4 Å². The molecule has 1 fully saturated rings. The van der Waals surface area contributed by atoms with Gasteiger partial charge in [0.05, 0.1) is 11.0 Å². The van der Waals surface area contributed by atoms with Crippen molar-refractivity contribution in [3.63, 3.8) is 0 Å². The van der Waals surface area contributed by atoms with E-state index in [4.69, 9.17) is 4.74 Å². The second-order valence-electron chi connectivity index (χ2n) is 10.2. The Morgan fingerprint density at radius 1 is 1.00 bits per heavy atom. The van der Waals surface area contributed by atoms with Crippen LogP contribution in [0.4, 0.5) is 4.79 Å². The molecule has 0 bridgehead atoms. The fourth-order valence-electron chi connectivity index (χ4n) is 4.94. The lowest BCUT2D eigenvalue weighted by atomic mass is 9.73. The summed E-state index contributed by atoms with van der Waals surface area (Å²) in [5.74, 6) is -1.35. The van der Waals surface area contributed by atoms with Crippen molar-refractivity contribution in [2.45, 2.75) is 58.0 Å². The quantitative estimate of drug-likeness (QED) is 0.660. The number of nitrogens with one attached hydrogen (secondary N) is 1. The van der Waals surface area contributed by atoms with Crippen molar-refractivity contribution in [2.24, 2.45) is 5.41 Å². The molecule has 1 saturated heterocycles. The first-order valence-electron chi connectivity index (χ1n) is 11.7. The van der Waals surface area contributed by atoms with Gasteiger partial charge in [-0.2, -0.15) is 0 Å². The summed E-state index contributed by atoms with van der Waals surface area (Å²) in [5, 5.41) is 12.3. The van der Waals surface area contributed by atoms with Crippen LogP contribution < -0.4 is 5.32 Å². The van der Waals surface area contributed by atoms with Gasteiger partial charge in [-0.3, -0.25) is 4.79 Å². The highest BCUT2D eigenvalue weighted by Crippen LogP contribution is 2.44. The molecule has 0 saturated carbocycles. The Hall–Kier alpha value is -3.35. The molecule has 7 nitrogen and oxygen atoms in total. The van der Waals surface area contributed by atoms with Gasteiger partial charge in [0, 0.05) is 12.5 Å². The normalized spacial score (nSPS) is 17.8. The van der Waals surface area contributed by atoms with Crippen LogP contribution in [0.2, 0.25) is 0 Å². The van der Waals surface area contributed by atoms with E-state index < -0.39 is 29.1 Å². The molecule has 4 rings (SSSR count). The van der Waals surface area contributed by atoms with Crippen molar-refractivity contribution in [3.05, 3.63) is 59.7 Å². The summed E-state index contributed by atoms with van der Waals surface area (Å²) < 4.78 is 5.67. The molecular weight excluding hydrogens is 432 g/mol. The Morgan fingerprint density at radius 3 is 2.12 bits per heavy atom. The number of aliphatic carboxylic acids is 1.